The van der Waals surface area contributed by atoms with E-state index in [2.05, 4.69) is 96.4 Å². The maximum absolute atomic E-state index is 4.72. The zero-order valence-corrected chi connectivity index (χ0v) is 18.2. The molecule has 0 amide bonds. The predicted molar refractivity (Wildman–Crippen MR) is 140 cm³/mol. The predicted octanol–water partition coefficient (Wildman–Crippen LogP) is 8.13. The zero-order valence-electron chi connectivity index (χ0n) is 18.2. The van der Waals surface area contributed by atoms with Crippen LogP contribution in [0, 0.1) is 0 Å². The Morgan fingerprint density at radius 1 is 0.485 bits per heavy atom. The van der Waals surface area contributed by atoms with Crippen molar-refractivity contribution in [1.82, 2.24) is 0 Å². The van der Waals surface area contributed by atoms with Gasteiger partial charge >= 0.3 is 0 Å². The molecule has 0 unspecified atom stereocenters. The first-order valence-electron chi connectivity index (χ1n) is 11.1. The van der Waals surface area contributed by atoms with E-state index in [9.17, 15) is 0 Å². The zero-order chi connectivity index (χ0) is 22.3. The Balaban J connectivity index is 1.47. The fraction of sp³-hybridized carbons (Fsp3) is 0. The highest BCUT2D eigenvalue weighted by atomic mass is 14.9. The van der Waals surface area contributed by atoms with E-state index in [1.165, 1.54) is 16.7 Å². The second kappa shape index (κ2) is 9.80. The molecule has 0 saturated carbocycles. The van der Waals surface area contributed by atoms with Gasteiger partial charge < -0.3 is 5.32 Å². The summed E-state index contributed by atoms with van der Waals surface area (Å²) in [6.07, 6.45) is 8.47. The molecule has 0 aliphatic heterocycles. The molecule has 0 spiro atoms. The number of benzene rings is 4. The van der Waals surface area contributed by atoms with Gasteiger partial charge in [-0.25, -0.2) is 4.99 Å². The SMILES string of the molecule is C1=CC(=C(c2ccccc2)c2ccc(Nc3ccccc3)cc2)C=CC1=Nc1ccccc1. The van der Waals surface area contributed by atoms with E-state index in [1.54, 1.807) is 0 Å². The van der Waals surface area contributed by atoms with Crippen molar-refractivity contribution in [2.75, 3.05) is 5.32 Å². The Bertz CT molecular complexity index is 1310. The number of allylic oxidation sites excluding steroid dienone is 5. The van der Waals surface area contributed by atoms with Gasteiger partial charge in [-0.1, -0.05) is 91.0 Å². The molecule has 2 heteroatoms. The summed E-state index contributed by atoms with van der Waals surface area (Å²) in [7, 11) is 0. The normalized spacial score (nSPS) is 12.5. The molecule has 4 aromatic rings. The van der Waals surface area contributed by atoms with Crippen molar-refractivity contribution in [2.24, 2.45) is 4.99 Å². The van der Waals surface area contributed by atoms with Gasteiger partial charge in [0.15, 0.2) is 0 Å². The summed E-state index contributed by atoms with van der Waals surface area (Å²) in [6.45, 7) is 0. The molecular formula is C31H24N2. The molecule has 0 bridgehead atoms. The van der Waals surface area contributed by atoms with Gasteiger partial charge in [0.25, 0.3) is 0 Å². The second-order valence-corrected chi connectivity index (χ2v) is 7.80. The first kappa shape index (κ1) is 20.5. The number of hydrogen-bond acceptors (Lipinski definition) is 2. The van der Waals surface area contributed by atoms with E-state index in [1.807, 2.05) is 48.5 Å². The summed E-state index contributed by atoms with van der Waals surface area (Å²) in [5, 5.41) is 3.46. The molecule has 33 heavy (non-hydrogen) atoms. The number of hydrogen-bond donors (Lipinski definition) is 1. The van der Waals surface area contributed by atoms with Gasteiger partial charge in [-0.15, -0.1) is 0 Å². The Kier molecular flexibility index (Phi) is 6.08. The van der Waals surface area contributed by atoms with E-state index in [0.717, 1.165) is 28.3 Å². The number of anilines is 2. The minimum atomic E-state index is 0.944. The number of para-hydroxylation sites is 2. The lowest BCUT2D eigenvalue weighted by Crippen LogP contribution is -1.98. The lowest BCUT2D eigenvalue weighted by Gasteiger charge is -2.15. The third-order valence-electron chi connectivity index (χ3n) is 5.47. The van der Waals surface area contributed by atoms with Crippen molar-refractivity contribution in [2.45, 2.75) is 0 Å². The Morgan fingerprint density at radius 3 is 1.64 bits per heavy atom. The Hall–Kier alpha value is -4.43. The highest BCUT2D eigenvalue weighted by molar-refractivity contribution is 6.08. The maximum Gasteiger partial charge on any atom is 0.0637 e. The van der Waals surface area contributed by atoms with Crippen molar-refractivity contribution in [1.29, 1.82) is 0 Å². The van der Waals surface area contributed by atoms with Crippen LogP contribution in [0.3, 0.4) is 0 Å². The molecule has 0 radical (unpaired) electrons. The fourth-order valence-corrected chi connectivity index (χ4v) is 3.87. The molecule has 0 aromatic heterocycles. The molecule has 4 aromatic carbocycles. The average molecular weight is 425 g/mol. The maximum atomic E-state index is 4.72. The quantitative estimate of drug-likeness (QED) is 0.344. The molecule has 0 fully saturated rings. The minimum Gasteiger partial charge on any atom is -0.356 e. The van der Waals surface area contributed by atoms with Crippen LogP contribution in [0.4, 0.5) is 17.1 Å². The van der Waals surface area contributed by atoms with Gasteiger partial charge in [0.1, 0.15) is 0 Å². The van der Waals surface area contributed by atoms with Crippen molar-refractivity contribution < 1.29 is 0 Å². The van der Waals surface area contributed by atoms with Crippen LogP contribution in [0.15, 0.2) is 150 Å². The van der Waals surface area contributed by atoms with Gasteiger partial charge in [0, 0.05) is 11.4 Å². The van der Waals surface area contributed by atoms with Crippen LogP contribution in [0.25, 0.3) is 5.57 Å². The smallest absolute Gasteiger partial charge is 0.0637 e. The van der Waals surface area contributed by atoms with Crippen molar-refractivity contribution in [3.8, 4) is 0 Å². The highest BCUT2D eigenvalue weighted by Crippen LogP contribution is 2.31. The first-order chi connectivity index (χ1) is 16.3. The topological polar surface area (TPSA) is 24.4 Å². The van der Waals surface area contributed by atoms with Crippen LogP contribution in [0.2, 0.25) is 0 Å². The fourth-order valence-electron chi connectivity index (χ4n) is 3.87. The summed E-state index contributed by atoms with van der Waals surface area (Å²) >= 11 is 0. The molecular weight excluding hydrogens is 400 g/mol. The molecule has 0 atom stereocenters. The lowest BCUT2D eigenvalue weighted by molar-refractivity contribution is 1.48. The molecule has 1 aliphatic rings. The largest absolute Gasteiger partial charge is 0.356 e. The molecule has 1 N–H and O–H groups in total. The van der Waals surface area contributed by atoms with E-state index < -0.39 is 0 Å². The van der Waals surface area contributed by atoms with Gasteiger partial charge in [-0.05, 0) is 70.8 Å². The summed E-state index contributed by atoms with van der Waals surface area (Å²) < 4.78 is 0. The third kappa shape index (κ3) is 5.08. The summed E-state index contributed by atoms with van der Waals surface area (Å²) in [5.41, 5.74) is 8.77. The molecule has 1 aliphatic carbocycles. The molecule has 2 nitrogen and oxygen atoms in total. The molecule has 5 rings (SSSR count). The lowest BCUT2D eigenvalue weighted by atomic mass is 9.91. The van der Waals surface area contributed by atoms with E-state index >= 15 is 0 Å². The van der Waals surface area contributed by atoms with Gasteiger partial charge in [0.05, 0.1) is 11.4 Å². The summed E-state index contributed by atoms with van der Waals surface area (Å²) in [4.78, 5) is 4.72. The Morgan fingerprint density at radius 2 is 1.00 bits per heavy atom. The van der Waals surface area contributed by atoms with E-state index in [-0.39, 0.29) is 0 Å². The summed E-state index contributed by atoms with van der Waals surface area (Å²) in [5.74, 6) is 0. The second-order valence-electron chi connectivity index (χ2n) is 7.80. The van der Waals surface area contributed by atoms with Crippen LogP contribution in [-0.2, 0) is 0 Å². The number of nitrogens with zero attached hydrogens (tertiary/aromatic N) is 1. The van der Waals surface area contributed by atoms with E-state index in [4.69, 9.17) is 4.99 Å². The Labute approximate surface area is 195 Å². The monoisotopic (exact) mass is 424 g/mol. The molecule has 0 heterocycles. The highest BCUT2D eigenvalue weighted by Gasteiger charge is 2.11. The molecule has 0 saturated heterocycles. The van der Waals surface area contributed by atoms with Crippen LogP contribution in [-0.4, -0.2) is 5.71 Å². The number of nitrogens with one attached hydrogen (secondary N) is 1. The molecule has 158 valence electrons. The number of aliphatic imine (C=N–C) groups is 1. The minimum absolute atomic E-state index is 0.944. The standard InChI is InChI=1S/C31H24N2/c1-4-10-24(11-5-1)31(25-16-20-29(21-17-25)32-27-12-6-2-7-13-27)26-18-22-30(23-19-26)33-28-14-8-3-9-15-28/h1-23,32H. The van der Waals surface area contributed by atoms with Gasteiger partial charge in [-0.2, -0.15) is 0 Å². The summed E-state index contributed by atoms with van der Waals surface area (Å²) in [6, 6.07) is 39.4. The van der Waals surface area contributed by atoms with Crippen molar-refractivity contribution in [3.63, 3.8) is 0 Å². The average Bonchev–Trinajstić information content (AvgIpc) is 2.88. The van der Waals surface area contributed by atoms with Crippen molar-refractivity contribution in [3.05, 3.63) is 156 Å². The third-order valence-corrected chi connectivity index (χ3v) is 5.47. The van der Waals surface area contributed by atoms with Crippen LogP contribution >= 0.6 is 0 Å². The number of rotatable bonds is 5. The van der Waals surface area contributed by atoms with Crippen LogP contribution < -0.4 is 5.32 Å². The van der Waals surface area contributed by atoms with Crippen LogP contribution in [0.1, 0.15) is 11.1 Å². The van der Waals surface area contributed by atoms with E-state index in [0.29, 0.717) is 0 Å². The van der Waals surface area contributed by atoms with Crippen LogP contribution in [0.5, 0.6) is 0 Å². The van der Waals surface area contributed by atoms with Gasteiger partial charge in [0.2, 0.25) is 0 Å². The first-order valence-corrected chi connectivity index (χ1v) is 11.1. The van der Waals surface area contributed by atoms with Crippen molar-refractivity contribution >= 4 is 28.3 Å². The van der Waals surface area contributed by atoms with Gasteiger partial charge in [-0.3, -0.25) is 0 Å².